The topological polar surface area (TPSA) is 37.3 Å². The average molecular weight is 355 g/mol. The van der Waals surface area contributed by atoms with E-state index >= 15 is 0 Å². The van der Waals surface area contributed by atoms with Gasteiger partial charge in [0.1, 0.15) is 5.75 Å². The molecule has 2 rings (SSSR count). The van der Waals surface area contributed by atoms with Crippen LogP contribution in [0.5, 0.6) is 5.75 Å². The Morgan fingerprint density at radius 3 is 2.00 bits per heavy atom. The molecule has 0 aliphatic rings. The fraction of sp³-hybridized carbons (Fsp3) is 0.542. The first-order valence-electron chi connectivity index (χ1n) is 10.5. The Balaban J connectivity index is 1.65. The predicted molar refractivity (Wildman–Crippen MR) is 111 cm³/mol. The van der Waals surface area contributed by atoms with E-state index in [1.165, 1.54) is 57.8 Å². The van der Waals surface area contributed by atoms with Crippen molar-refractivity contribution in [2.75, 3.05) is 0 Å². The van der Waals surface area contributed by atoms with Gasteiger partial charge in [-0.25, -0.2) is 0 Å². The van der Waals surface area contributed by atoms with E-state index in [1.807, 2.05) is 30.3 Å². The van der Waals surface area contributed by atoms with Crippen LogP contribution in [0.1, 0.15) is 94.3 Å². The highest BCUT2D eigenvalue weighted by Gasteiger charge is 2.14. The SMILES string of the molecule is CCCCCCCCCCCCCC(=O)c1c(O)ccc2ccccc12. The summed E-state index contributed by atoms with van der Waals surface area (Å²) in [6.07, 6.45) is 14.6. The summed E-state index contributed by atoms with van der Waals surface area (Å²) in [5.74, 6) is 0.173. The lowest BCUT2D eigenvalue weighted by atomic mass is 9.97. The molecule has 0 amide bonds. The Bertz CT molecular complexity index is 675. The summed E-state index contributed by atoms with van der Waals surface area (Å²) in [7, 11) is 0. The van der Waals surface area contributed by atoms with Crippen LogP contribution in [0.4, 0.5) is 0 Å². The van der Waals surface area contributed by atoms with Crippen LogP contribution in [0.15, 0.2) is 36.4 Å². The van der Waals surface area contributed by atoms with Crippen LogP contribution < -0.4 is 0 Å². The molecule has 0 fully saturated rings. The van der Waals surface area contributed by atoms with Crippen LogP contribution in [0.3, 0.4) is 0 Å². The molecule has 0 saturated heterocycles. The molecular formula is C24H34O2. The molecule has 2 heteroatoms. The predicted octanol–water partition coefficient (Wildman–Crippen LogP) is 7.43. The van der Waals surface area contributed by atoms with Gasteiger partial charge in [-0.2, -0.15) is 0 Å². The fourth-order valence-corrected chi connectivity index (χ4v) is 3.63. The standard InChI is InChI=1S/C24H34O2/c1-2-3-4-5-6-7-8-9-10-11-12-17-22(25)24-21-16-14-13-15-20(21)18-19-23(24)26/h13-16,18-19,26H,2-12,17H2,1H3. The second kappa shape index (κ2) is 11.7. The summed E-state index contributed by atoms with van der Waals surface area (Å²) in [5.41, 5.74) is 0.496. The number of carbonyl (C=O) groups excluding carboxylic acids is 1. The molecule has 0 bridgehead atoms. The first kappa shape index (κ1) is 20.5. The summed E-state index contributed by atoms with van der Waals surface area (Å²) < 4.78 is 0. The molecule has 2 aromatic carbocycles. The maximum atomic E-state index is 12.6. The molecule has 0 aliphatic heterocycles. The van der Waals surface area contributed by atoms with Gasteiger partial charge in [0.15, 0.2) is 5.78 Å². The number of hydrogen-bond acceptors (Lipinski definition) is 2. The largest absolute Gasteiger partial charge is 0.507 e. The first-order chi connectivity index (χ1) is 12.7. The van der Waals surface area contributed by atoms with Gasteiger partial charge in [-0.1, -0.05) is 101 Å². The molecule has 0 aromatic heterocycles. The number of phenols is 1. The van der Waals surface area contributed by atoms with Crippen molar-refractivity contribution in [2.45, 2.75) is 84.0 Å². The molecule has 0 aliphatic carbocycles. The summed E-state index contributed by atoms with van der Waals surface area (Å²) >= 11 is 0. The van der Waals surface area contributed by atoms with Crippen molar-refractivity contribution in [3.8, 4) is 5.75 Å². The molecule has 0 atom stereocenters. The first-order valence-corrected chi connectivity index (χ1v) is 10.5. The highest BCUT2D eigenvalue weighted by atomic mass is 16.3. The van der Waals surface area contributed by atoms with Crippen molar-refractivity contribution in [2.24, 2.45) is 0 Å². The minimum Gasteiger partial charge on any atom is -0.507 e. The van der Waals surface area contributed by atoms with Gasteiger partial charge in [0.05, 0.1) is 5.56 Å². The Hall–Kier alpha value is -1.83. The third-order valence-electron chi connectivity index (χ3n) is 5.19. The lowest BCUT2D eigenvalue weighted by Crippen LogP contribution is -2.01. The van der Waals surface area contributed by atoms with Crippen molar-refractivity contribution in [1.29, 1.82) is 0 Å². The number of fused-ring (bicyclic) bond motifs is 1. The second-order valence-corrected chi connectivity index (χ2v) is 7.39. The summed E-state index contributed by atoms with van der Waals surface area (Å²) in [5, 5.41) is 12.0. The minimum atomic E-state index is 0.0650. The quantitative estimate of drug-likeness (QED) is 0.300. The van der Waals surface area contributed by atoms with Gasteiger partial charge in [0.2, 0.25) is 0 Å². The van der Waals surface area contributed by atoms with Crippen LogP contribution in [0.2, 0.25) is 0 Å². The number of rotatable bonds is 13. The maximum Gasteiger partial charge on any atom is 0.167 e. The van der Waals surface area contributed by atoms with Gasteiger partial charge < -0.3 is 5.11 Å². The highest BCUT2D eigenvalue weighted by molar-refractivity contribution is 6.10. The number of phenolic OH excluding ortho intramolecular Hbond substituents is 1. The number of benzene rings is 2. The second-order valence-electron chi connectivity index (χ2n) is 7.39. The molecule has 0 heterocycles. The summed E-state index contributed by atoms with van der Waals surface area (Å²) in [6, 6.07) is 11.3. The van der Waals surface area contributed by atoms with Gasteiger partial charge in [0, 0.05) is 6.42 Å². The molecule has 0 radical (unpaired) electrons. The maximum absolute atomic E-state index is 12.6. The van der Waals surface area contributed by atoms with Crippen molar-refractivity contribution >= 4 is 16.6 Å². The fourth-order valence-electron chi connectivity index (χ4n) is 3.63. The number of ketones is 1. The average Bonchev–Trinajstić information content (AvgIpc) is 2.65. The highest BCUT2D eigenvalue weighted by Crippen LogP contribution is 2.28. The van der Waals surface area contributed by atoms with Gasteiger partial charge >= 0.3 is 0 Å². The van der Waals surface area contributed by atoms with Crippen LogP contribution in [0, 0.1) is 0 Å². The smallest absolute Gasteiger partial charge is 0.167 e. The van der Waals surface area contributed by atoms with E-state index in [9.17, 15) is 9.90 Å². The van der Waals surface area contributed by atoms with Crippen molar-refractivity contribution < 1.29 is 9.90 Å². The Kier molecular flexibility index (Phi) is 9.23. The molecule has 2 aromatic rings. The van der Waals surface area contributed by atoms with E-state index in [0.29, 0.717) is 12.0 Å². The zero-order valence-corrected chi connectivity index (χ0v) is 16.3. The number of aromatic hydroxyl groups is 1. The Labute approximate surface area is 158 Å². The number of Topliss-reactive ketones (excluding diaryl/α,β-unsaturated/α-hetero) is 1. The molecule has 0 spiro atoms. The van der Waals surface area contributed by atoms with Crippen molar-refractivity contribution in [1.82, 2.24) is 0 Å². The molecule has 26 heavy (non-hydrogen) atoms. The van der Waals surface area contributed by atoms with E-state index in [0.717, 1.165) is 23.6 Å². The molecule has 2 nitrogen and oxygen atoms in total. The zero-order valence-electron chi connectivity index (χ0n) is 16.3. The lowest BCUT2D eigenvalue weighted by molar-refractivity contribution is 0.0978. The number of carbonyl (C=O) groups is 1. The molecular weight excluding hydrogens is 320 g/mol. The van der Waals surface area contributed by atoms with Crippen molar-refractivity contribution in [3.63, 3.8) is 0 Å². The molecule has 142 valence electrons. The third kappa shape index (κ3) is 6.48. The van der Waals surface area contributed by atoms with Crippen LogP contribution >= 0.6 is 0 Å². The van der Waals surface area contributed by atoms with Crippen molar-refractivity contribution in [3.05, 3.63) is 42.0 Å². The van der Waals surface area contributed by atoms with Gasteiger partial charge in [-0.05, 0) is 23.3 Å². The summed E-state index contributed by atoms with van der Waals surface area (Å²) in [4.78, 5) is 12.6. The monoisotopic (exact) mass is 354 g/mol. The zero-order chi connectivity index (χ0) is 18.6. The van der Waals surface area contributed by atoms with Crippen LogP contribution in [0.25, 0.3) is 10.8 Å². The van der Waals surface area contributed by atoms with E-state index in [4.69, 9.17) is 0 Å². The molecule has 0 unspecified atom stereocenters. The van der Waals surface area contributed by atoms with E-state index in [1.54, 1.807) is 6.07 Å². The Morgan fingerprint density at radius 2 is 1.35 bits per heavy atom. The van der Waals surface area contributed by atoms with E-state index in [-0.39, 0.29) is 11.5 Å². The van der Waals surface area contributed by atoms with Gasteiger partial charge in [0.25, 0.3) is 0 Å². The third-order valence-corrected chi connectivity index (χ3v) is 5.19. The molecule has 1 N–H and O–H groups in total. The molecule has 0 saturated carbocycles. The van der Waals surface area contributed by atoms with E-state index in [2.05, 4.69) is 6.92 Å². The van der Waals surface area contributed by atoms with Gasteiger partial charge in [-0.3, -0.25) is 4.79 Å². The normalized spacial score (nSPS) is 11.1. The number of unbranched alkanes of at least 4 members (excludes halogenated alkanes) is 10. The minimum absolute atomic E-state index is 0.0650. The lowest BCUT2D eigenvalue weighted by Gasteiger charge is -2.08. The van der Waals surface area contributed by atoms with Gasteiger partial charge in [-0.15, -0.1) is 0 Å². The van der Waals surface area contributed by atoms with Crippen LogP contribution in [-0.4, -0.2) is 10.9 Å². The summed E-state index contributed by atoms with van der Waals surface area (Å²) in [6.45, 7) is 2.26. The van der Waals surface area contributed by atoms with Crippen LogP contribution in [-0.2, 0) is 0 Å². The van der Waals surface area contributed by atoms with E-state index < -0.39 is 0 Å². The number of hydrogen-bond donors (Lipinski definition) is 1. The Morgan fingerprint density at radius 1 is 0.769 bits per heavy atom.